The number of para-hydroxylation sites is 1. The van der Waals surface area contributed by atoms with E-state index in [0.717, 1.165) is 0 Å². The first kappa shape index (κ1) is 11.2. The van der Waals surface area contributed by atoms with Crippen LogP contribution in [0.5, 0.6) is 0 Å². The highest BCUT2D eigenvalue weighted by molar-refractivity contribution is 5.92. The fraction of sp³-hybridized carbons (Fsp3) is 0.273. The predicted molar refractivity (Wildman–Crippen MR) is 56.5 cm³/mol. The summed E-state index contributed by atoms with van der Waals surface area (Å²) in [5.74, 6) is -1.90. The van der Waals surface area contributed by atoms with E-state index >= 15 is 0 Å². The number of rotatable bonds is 4. The van der Waals surface area contributed by atoms with E-state index in [1.807, 2.05) is 6.07 Å². The van der Waals surface area contributed by atoms with E-state index in [1.165, 1.54) is 6.92 Å². The van der Waals surface area contributed by atoms with Crippen LogP contribution in [0.25, 0.3) is 0 Å². The zero-order valence-corrected chi connectivity index (χ0v) is 8.43. The number of hydrogen-bond acceptors (Lipinski definition) is 2. The zero-order chi connectivity index (χ0) is 11.3. The summed E-state index contributed by atoms with van der Waals surface area (Å²) >= 11 is 0. The topological polar surface area (TPSA) is 66.4 Å². The van der Waals surface area contributed by atoms with Gasteiger partial charge < -0.3 is 10.4 Å². The first-order valence-electron chi connectivity index (χ1n) is 4.67. The molecule has 0 unspecified atom stereocenters. The Balaban J connectivity index is 2.47. The monoisotopic (exact) mass is 207 g/mol. The lowest BCUT2D eigenvalue weighted by Gasteiger charge is -2.07. The summed E-state index contributed by atoms with van der Waals surface area (Å²) in [5.41, 5.74) is 0.681. The summed E-state index contributed by atoms with van der Waals surface area (Å²) in [6.45, 7) is 1.51. The van der Waals surface area contributed by atoms with Crippen molar-refractivity contribution in [2.45, 2.75) is 13.3 Å². The summed E-state index contributed by atoms with van der Waals surface area (Å²) in [7, 11) is 0. The van der Waals surface area contributed by atoms with Crippen molar-refractivity contribution in [2.24, 2.45) is 5.92 Å². The van der Waals surface area contributed by atoms with Gasteiger partial charge in [0.2, 0.25) is 5.91 Å². The molecule has 0 heterocycles. The van der Waals surface area contributed by atoms with Gasteiger partial charge in [0, 0.05) is 12.1 Å². The predicted octanol–water partition coefficient (Wildman–Crippen LogP) is 1.74. The van der Waals surface area contributed by atoms with Gasteiger partial charge in [-0.1, -0.05) is 25.1 Å². The van der Waals surface area contributed by atoms with Gasteiger partial charge in [-0.2, -0.15) is 0 Å². The summed E-state index contributed by atoms with van der Waals surface area (Å²) < 4.78 is 0. The average Bonchev–Trinajstić information content (AvgIpc) is 2.18. The van der Waals surface area contributed by atoms with Crippen molar-refractivity contribution < 1.29 is 14.7 Å². The van der Waals surface area contributed by atoms with Crippen LogP contribution in [-0.2, 0) is 9.59 Å². The molecule has 4 nitrogen and oxygen atoms in total. The number of carboxylic acid groups (broad SMARTS) is 1. The van der Waals surface area contributed by atoms with Gasteiger partial charge in [-0.3, -0.25) is 9.59 Å². The molecule has 1 rings (SSSR count). The smallest absolute Gasteiger partial charge is 0.306 e. The number of nitrogens with one attached hydrogen (secondary N) is 1. The molecule has 80 valence electrons. The quantitative estimate of drug-likeness (QED) is 0.790. The van der Waals surface area contributed by atoms with Gasteiger partial charge in [0.25, 0.3) is 0 Å². The van der Waals surface area contributed by atoms with Gasteiger partial charge in [-0.15, -0.1) is 0 Å². The Bertz CT molecular complexity index is 348. The Morgan fingerprint density at radius 3 is 2.47 bits per heavy atom. The van der Waals surface area contributed by atoms with Crippen LogP contribution in [0.15, 0.2) is 30.3 Å². The highest BCUT2D eigenvalue weighted by Gasteiger charge is 2.15. The average molecular weight is 207 g/mol. The minimum absolute atomic E-state index is 0.00969. The number of carbonyl (C=O) groups is 2. The summed E-state index contributed by atoms with van der Waals surface area (Å²) in [6, 6.07) is 8.95. The lowest BCUT2D eigenvalue weighted by Crippen LogP contribution is -2.19. The van der Waals surface area contributed by atoms with Crippen LogP contribution in [-0.4, -0.2) is 17.0 Å². The van der Waals surface area contributed by atoms with Crippen molar-refractivity contribution in [3.05, 3.63) is 30.3 Å². The maximum absolute atomic E-state index is 11.4. The van der Waals surface area contributed by atoms with Crippen LogP contribution in [0, 0.1) is 5.92 Å². The molecule has 0 bridgehead atoms. The fourth-order valence-electron chi connectivity index (χ4n) is 1.10. The lowest BCUT2D eigenvalue weighted by molar-refractivity contribution is -0.142. The van der Waals surface area contributed by atoms with Crippen molar-refractivity contribution in [2.75, 3.05) is 5.32 Å². The van der Waals surface area contributed by atoms with Gasteiger partial charge in [-0.05, 0) is 12.1 Å². The second-order valence-electron chi connectivity index (χ2n) is 3.36. The molecule has 1 amide bonds. The number of amides is 1. The third-order valence-electron chi connectivity index (χ3n) is 1.97. The van der Waals surface area contributed by atoms with E-state index in [1.54, 1.807) is 24.3 Å². The van der Waals surface area contributed by atoms with Crippen LogP contribution in [0.4, 0.5) is 5.69 Å². The van der Waals surface area contributed by atoms with Crippen LogP contribution < -0.4 is 5.32 Å². The number of anilines is 1. The molecular weight excluding hydrogens is 194 g/mol. The Morgan fingerprint density at radius 1 is 1.33 bits per heavy atom. The Kier molecular flexibility index (Phi) is 3.85. The summed E-state index contributed by atoms with van der Waals surface area (Å²) in [5, 5.41) is 11.2. The minimum atomic E-state index is -0.960. The van der Waals surface area contributed by atoms with Gasteiger partial charge in [0.1, 0.15) is 0 Å². The largest absolute Gasteiger partial charge is 0.481 e. The van der Waals surface area contributed by atoms with Gasteiger partial charge in [0.05, 0.1) is 5.92 Å². The molecule has 0 aliphatic heterocycles. The fourth-order valence-corrected chi connectivity index (χ4v) is 1.10. The molecule has 1 aromatic carbocycles. The normalized spacial score (nSPS) is 11.8. The van der Waals surface area contributed by atoms with Crippen molar-refractivity contribution in [3.63, 3.8) is 0 Å². The van der Waals surface area contributed by atoms with Crippen LogP contribution in [0.3, 0.4) is 0 Å². The van der Waals surface area contributed by atoms with Crippen molar-refractivity contribution in [1.29, 1.82) is 0 Å². The molecule has 1 atom stereocenters. The van der Waals surface area contributed by atoms with Crippen molar-refractivity contribution in [3.8, 4) is 0 Å². The number of aliphatic carboxylic acids is 1. The third-order valence-corrected chi connectivity index (χ3v) is 1.97. The molecule has 0 aromatic heterocycles. The summed E-state index contributed by atoms with van der Waals surface area (Å²) in [4.78, 5) is 21.9. The molecule has 4 heteroatoms. The van der Waals surface area contributed by atoms with E-state index in [9.17, 15) is 9.59 Å². The van der Waals surface area contributed by atoms with Crippen molar-refractivity contribution in [1.82, 2.24) is 0 Å². The highest BCUT2D eigenvalue weighted by Crippen LogP contribution is 2.08. The first-order chi connectivity index (χ1) is 7.09. The van der Waals surface area contributed by atoms with Gasteiger partial charge in [0.15, 0.2) is 0 Å². The molecule has 0 fully saturated rings. The van der Waals surface area contributed by atoms with E-state index in [0.29, 0.717) is 5.69 Å². The van der Waals surface area contributed by atoms with E-state index in [4.69, 9.17) is 5.11 Å². The SMILES string of the molecule is C[C@@H](CC(=O)Nc1ccccc1)C(=O)O. The molecule has 0 spiro atoms. The number of carboxylic acids is 1. The minimum Gasteiger partial charge on any atom is -0.481 e. The molecule has 0 saturated carbocycles. The second-order valence-corrected chi connectivity index (χ2v) is 3.36. The first-order valence-corrected chi connectivity index (χ1v) is 4.67. The van der Waals surface area contributed by atoms with Crippen LogP contribution >= 0.6 is 0 Å². The molecule has 2 N–H and O–H groups in total. The number of hydrogen-bond donors (Lipinski definition) is 2. The third kappa shape index (κ3) is 3.81. The van der Waals surface area contributed by atoms with Crippen LogP contribution in [0.2, 0.25) is 0 Å². The van der Waals surface area contributed by atoms with E-state index in [-0.39, 0.29) is 12.3 Å². The zero-order valence-electron chi connectivity index (χ0n) is 8.43. The highest BCUT2D eigenvalue weighted by atomic mass is 16.4. The maximum Gasteiger partial charge on any atom is 0.306 e. The van der Waals surface area contributed by atoms with Crippen molar-refractivity contribution >= 4 is 17.6 Å². The Morgan fingerprint density at radius 2 is 1.93 bits per heavy atom. The van der Waals surface area contributed by atoms with Gasteiger partial charge in [-0.25, -0.2) is 0 Å². The molecule has 0 radical (unpaired) electrons. The molecule has 0 saturated heterocycles. The van der Waals surface area contributed by atoms with E-state index < -0.39 is 11.9 Å². The van der Waals surface area contributed by atoms with Crippen LogP contribution in [0.1, 0.15) is 13.3 Å². The molecule has 1 aromatic rings. The van der Waals surface area contributed by atoms with E-state index in [2.05, 4.69) is 5.32 Å². The summed E-state index contributed by atoms with van der Waals surface area (Å²) in [6.07, 6.45) is -0.00969. The maximum atomic E-state index is 11.4. The second kappa shape index (κ2) is 5.14. The Hall–Kier alpha value is -1.84. The number of carbonyl (C=O) groups excluding carboxylic acids is 1. The number of benzene rings is 1. The molecule has 15 heavy (non-hydrogen) atoms. The lowest BCUT2D eigenvalue weighted by atomic mass is 10.1. The Labute approximate surface area is 87.9 Å². The van der Waals surface area contributed by atoms with Gasteiger partial charge >= 0.3 is 5.97 Å². The molecular formula is C11H13NO3. The molecule has 0 aliphatic carbocycles. The standard InChI is InChI=1S/C11H13NO3/c1-8(11(14)15)7-10(13)12-9-5-3-2-4-6-9/h2-6,8H,7H2,1H3,(H,12,13)(H,14,15)/t8-/m0/s1. The molecule has 0 aliphatic rings.